The minimum atomic E-state index is 0.591. The van der Waals surface area contributed by atoms with Gasteiger partial charge < -0.3 is 9.64 Å². The third-order valence-corrected chi connectivity index (χ3v) is 3.23. The number of benzene rings is 2. The lowest BCUT2D eigenvalue weighted by molar-refractivity contribution is 0.409. The molecule has 0 fully saturated rings. The van der Waals surface area contributed by atoms with Crippen molar-refractivity contribution in [2.75, 3.05) is 19.1 Å². The molecule has 0 heterocycles. The van der Waals surface area contributed by atoms with Crippen molar-refractivity contribution in [2.24, 2.45) is 0 Å². The van der Waals surface area contributed by atoms with E-state index in [1.165, 1.54) is 0 Å². The number of ether oxygens (including phenoxy) is 1. The molecule has 0 atom stereocenters. The van der Waals surface area contributed by atoms with Gasteiger partial charge in [0.15, 0.2) is 0 Å². The van der Waals surface area contributed by atoms with Crippen LogP contribution < -0.4 is 9.64 Å². The highest BCUT2D eigenvalue weighted by molar-refractivity contribution is 5.52. The van der Waals surface area contributed by atoms with Gasteiger partial charge >= 0.3 is 0 Å². The lowest BCUT2D eigenvalue weighted by atomic mass is 10.1. The van der Waals surface area contributed by atoms with Crippen molar-refractivity contribution in [1.82, 2.24) is 0 Å². The van der Waals surface area contributed by atoms with E-state index in [9.17, 15) is 0 Å². The third-order valence-electron chi connectivity index (χ3n) is 3.23. The fraction of sp³-hybridized carbons (Fsp3) is 0.176. The van der Waals surface area contributed by atoms with Gasteiger partial charge in [0.25, 0.3) is 0 Å². The molecule has 0 aliphatic heterocycles. The van der Waals surface area contributed by atoms with Crippen molar-refractivity contribution in [3.63, 3.8) is 0 Å². The van der Waals surface area contributed by atoms with E-state index in [4.69, 9.17) is 15.3 Å². The van der Waals surface area contributed by atoms with E-state index in [-0.39, 0.29) is 0 Å². The van der Waals surface area contributed by atoms with E-state index in [1.807, 2.05) is 36.2 Å². The molecule has 0 spiro atoms. The van der Waals surface area contributed by atoms with Crippen LogP contribution in [0.2, 0.25) is 0 Å². The van der Waals surface area contributed by atoms with E-state index in [1.54, 1.807) is 25.3 Å². The normalized spacial score (nSPS) is 9.52. The van der Waals surface area contributed by atoms with Gasteiger partial charge in [-0.25, -0.2) is 0 Å². The molecule has 0 aromatic heterocycles. The lowest BCUT2D eigenvalue weighted by Gasteiger charge is -2.21. The molecule has 2 aromatic carbocycles. The summed E-state index contributed by atoms with van der Waals surface area (Å²) in [5, 5.41) is 18.0. The standard InChI is InChI=1S/C17H15N3O/c1-20(16-5-3-4-13(9-16)10-18)12-15-8-14(11-19)6-7-17(15)21-2/h3-9H,12H2,1-2H3. The van der Waals surface area contributed by atoms with Crippen LogP contribution in [0.25, 0.3) is 0 Å². The Kier molecular flexibility index (Phi) is 4.43. The molecule has 0 amide bonds. The van der Waals surface area contributed by atoms with Gasteiger partial charge in [0.05, 0.1) is 30.4 Å². The maximum absolute atomic E-state index is 9.00. The zero-order chi connectivity index (χ0) is 15.2. The second-order valence-corrected chi connectivity index (χ2v) is 4.66. The van der Waals surface area contributed by atoms with Gasteiger partial charge in [0, 0.05) is 24.8 Å². The average molecular weight is 277 g/mol. The largest absolute Gasteiger partial charge is 0.496 e. The average Bonchev–Trinajstić information content (AvgIpc) is 2.54. The maximum Gasteiger partial charge on any atom is 0.123 e. The molecule has 0 saturated carbocycles. The minimum Gasteiger partial charge on any atom is -0.496 e. The molecular weight excluding hydrogens is 262 g/mol. The first kappa shape index (κ1) is 14.4. The smallest absolute Gasteiger partial charge is 0.123 e. The summed E-state index contributed by atoms with van der Waals surface area (Å²) in [6.07, 6.45) is 0. The van der Waals surface area contributed by atoms with Crippen LogP contribution in [0.3, 0.4) is 0 Å². The van der Waals surface area contributed by atoms with E-state index in [0.29, 0.717) is 17.7 Å². The molecule has 0 aliphatic carbocycles. The monoisotopic (exact) mass is 277 g/mol. The molecule has 2 rings (SSSR count). The summed E-state index contributed by atoms with van der Waals surface area (Å²) < 4.78 is 5.34. The Morgan fingerprint density at radius 2 is 1.76 bits per heavy atom. The Hall–Kier alpha value is -2.98. The number of anilines is 1. The summed E-state index contributed by atoms with van der Waals surface area (Å²) in [5.74, 6) is 0.747. The summed E-state index contributed by atoms with van der Waals surface area (Å²) in [6, 6.07) is 17.0. The van der Waals surface area contributed by atoms with Crippen molar-refractivity contribution >= 4 is 5.69 Å². The lowest BCUT2D eigenvalue weighted by Crippen LogP contribution is -2.17. The van der Waals surface area contributed by atoms with Gasteiger partial charge in [-0.1, -0.05) is 6.07 Å². The molecule has 2 aromatic rings. The van der Waals surface area contributed by atoms with Crippen LogP contribution in [-0.2, 0) is 6.54 Å². The number of hydrogen-bond acceptors (Lipinski definition) is 4. The van der Waals surface area contributed by atoms with Crippen molar-refractivity contribution in [3.05, 3.63) is 59.2 Å². The zero-order valence-electron chi connectivity index (χ0n) is 12.0. The van der Waals surface area contributed by atoms with Gasteiger partial charge in [0.1, 0.15) is 5.75 Å². The van der Waals surface area contributed by atoms with Crippen LogP contribution in [0.5, 0.6) is 5.75 Å². The molecule has 4 nitrogen and oxygen atoms in total. The molecule has 0 unspecified atom stereocenters. The van der Waals surface area contributed by atoms with Crippen LogP contribution in [0, 0.1) is 22.7 Å². The van der Waals surface area contributed by atoms with Gasteiger partial charge in [-0.2, -0.15) is 10.5 Å². The Labute approximate surface area is 124 Å². The number of nitriles is 2. The first-order chi connectivity index (χ1) is 10.2. The summed E-state index contributed by atoms with van der Waals surface area (Å²) >= 11 is 0. The molecule has 0 bridgehead atoms. The first-order valence-corrected chi connectivity index (χ1v) is 6.46. The van der Waals surface area contributed by atoms with E-state index in [0.717, 1.165) is 17.0 Å². The third kappa shape index (κ3) is 3.32. The predicted octanol–water partition coefficient (Wildman–Crippen LogP) is 3.07. The number of hydrogen-bond donors (Lipinski definition) is 0. The van der Waals surface area contributed by atoms with Gasteiger partial charge in [0.2, 0.25) is 0 Å². The van der Waals surface area contributed by atoms with Crippen molar-refractivity contribution in [2.45, 2.75) is 6.54 Å². The van der Waals surface area contributed by atoms with E-state index >= 15 is 0 Å². The second kappa shape index (κ2) is 6.45. The summed E-state index contributed by atoms with van der Waals surface area (Å²) in [7, 11) is 3.55. The molecule has 21 heavy (non-hydrogen) atoms. The van der Waals surface area contributed by atoms with Gasteiger partial charge in [-0.05, 0) is 36.4 Å². The van der Waals surface area contributed by atoms with Crippen molar-refractivity contribution in [1.29, 1.82) is 10.5 Å². The van der Waals surface area contributed by atoms with Crippen LogP contribution in [0.4, 0.5) is 5.69 Å². The first-order valence-electron chi connectivity index (χ1n) is 6.46. The van der Waals surface area contributed by atoms with Crippen molar-refractivity contribution < 1.29 is 4.74 Å². The summed E-state index contributed by atoms with van der Waals surface area (Å²) in [6.45, 7) is 0.591. The Bertz CT molecular complexity index is 726. The SMILES string of the molecule is COc1ccc(C#N)cc1CN(C)c1cccc(C#N)c1. The highest BCUT2D eigenvalue weighted by atomic mass is 16.5. The van der Waals surface area contributed by atoms with Crippen LogP contribution in [0.1, 0.15) is 16.7 Å². The molecule has 0 N–H and O–H groups in total. The molecule has 0 aliphatic rings. The van der Waals surface area contributed by atoms with Crippen LogP contribution in [-0.4, -0.2) is 14.2 Å². The summed E-state index contributed by atoms with van der Waals surface area (Å²) in [4.78, 5) is 2.01. The van der Waals surface area contributed by atoms with E-state index in [2.05, 4.69) is 12.1 Å². The Balaban J connectivity index is 2.28. The predicted molar refractivity (Wildman–Crippen MR) is 81.0 cm³/mol. The maximum atomic E-state index is 9.00. The highest BCUT2D eigenvalue weighted by Gasteiger charge is 2.09. The second-order valence-electron chi connectivity index (χ2n) is 4.66. The molecule has 0 saturated heterocycles. The fourth-order valence-electron chi connectivity index (χ4n) is 2.13. The number of methoxy groups -OCH3 is 1. The van der Waals surface area contributed by atoms with E-state index < -0.39 is 0 Å². The zero-order valence-corrected chi connectivity index (χ0v) is 12.0. The Morgan fingerprint density at radius 1 is 1.05 bits per heavy atom. The number of rotatable bonds is 4. The number of nitrogens with zero attached hydrogens (tertiary/aromatic N) is 3. The van der Waals surface area contributed by atoms with Crippen molar-refractivity contribution in [3.8, 4) is 17.9 Å². The fourth-order valence-corrected chi connectivity index (χ4v) is 2.13. The minimum absolute atomic E-state index is 0.591. The highest BCUT2D eigenvalue weighted by Crippen LogP contribution is 2.24. The topological polar surface area (TPSA) is 60.0 Å². The van der Waals surface area contributed by atoms with Gasteiger partial charge in [-0.3, -0.25) is 0 Å². The van der Waals surface area contributed by atoms with Crippen LogP contribution in [0.15, 0.2) is 42.5 Å². The quantitative estimate of drug-likeness (QED) is 0.861. The molecule has 4 heteroatoms. The molecular formula is C17H15N3O. The summed E-state index contributed by atoms with van der Waals surface area (Å²) in [5.41, 5.74) is 3.10. The Morgan fingerprint density at radius 3 is 2.43 bits per heavy atom. The molecule has 0 radical (unpaired) electrons. The molecule has 104 valence electrons. The van der Waals surface area contributed by atoms with Crippen LogP contribution >= 0.6 is 0 Å². The van der Waals surface area contributed by atoms with Gasteiger partial charge in [-0.15, -0.1) is 0 Å².